The highest BCUT2D eigenvalue weighted by atomic mass is 35.5. The van der Waals surface area contributed by atoms with E-state index in [1.54, 1.807) is 29.9 Å². The summed E-state index contributed by atoms with van der Waals surface area (Å²) >= 11 is 6.20. The quantitative estimate of drug-likeness (QED) is 0.364. The lowest BCUT2D eigenvalue weighted by atomic mass is 10.2. The van der Waals surface area contributed by atoms with Gasteiger partial charge in [0.05, 0.1) is 21.3 Å². The van der Waals surface area contributed by atoms with Crippen LogP contribution in [0.1, 0.15) is 11.3 Å². The van der Waals surface area contributed by atoms with Crippen LogP contribution in [0.3, 0.4) is 0 Å². The minimum atomic E-state index is -0.466. The average Bonchev–Trinajstić information content (AvgIpc) is 2.90. The molecule has 7 nitrogen and oxygen atoms in total. The summed E-state index contributed by atoms with van der Waals surface area (Å²) < 4.78 is 3.27. The highest BCUT2D eigenvalue weighted by Crippen LogP contribution is 2.18. The van der Waals surface area contributed by atoms with Crippen molar-refractivity contribution in [3.63, 3.8) is 0 Å². The lowest BCUT2D eigenvalue weighted by Gasteiger charge is -2.07. The zero-order valence-corrected chi connectivity index (χ0v) is 16.0. The van der Waals surface area contributed by atoms with Crippen LogP contribution in [0.4, 0.5) is 11.4 Å². The zero-order chi connectivity index (χ0) is 20.3. The molecule has 3 aromatic rings. The Kier molecular flexibility index (Phi) is 5.56. The van der Waals surface area contributed by atoms with Crippen LogP contribution in [0.2, 0.25) is 0 Å². The molecule has 1 heterocycles. The van der Waals surface area contributed by atoms with E-state index >= 15 is 0 Å². The van der Waals surface area contributed by atoms with E-state index in [1.807, 2.05) is 37.3 Å². The van der Waals surface area contributed by atoms with Crippen molar-refractivity contribution in [2.24, 2.45) is 12.0 Å². The normalized spacial score (nSPS) is 11.9. The highest BCUT2D eigenvalue weighted by Gasteiger charge is 2.14. The van der Waals surface area contributed by atoms with Crippen LogP contribution < -0.4 is 5.56 Å². The molecule has 0 amide bonds. The van der Waals surface area contributed by atoms with Gasteiger partial charge in [0.1, 0.15) is 0 Å². The Labute approximate surface area is 166 Å². The molecule has 142 valence electrons. The van der Waals surface area contributed by atoms with E-state index < -0.39 is 4.92 Å². The van der Waals surface area contributed by atoms with Crippen LogP contribution >= 0.6 is 11.6 Å². The van der Waals surface area contributed by atoms with Gasteiger partial charge in [-0.05, 0) is 42.8 Å². The van der Waals surface area contributed by atoms with Gasteiger partial charge in [0, 0.05) is 25.4 Å². The number of allylic oxidation sites excluding steroid dienone is 1. The van der Waals surface area contributed by atoms with E-state index in [0.29, 0.717) is 22.0 Å². The molecular formula is C20H17ClN4O3. The van der Waals surface area contributed by atoms with Gasteiger partial charge in [-0.3, -0.25) is 19.6 Å². The minimum absolute atomic E-state index is 0.00307. The van der Waals surface area contributed by atoms with Gasteiger partial charge in [-0.15, -0.1) is 0 Å². The third-order valence-corrected chi connectivity index (χ3v) is 4.46. The predicted octanol–water partition coefficient (Wildman–Crippen LogP) is 4.37. The van der Waals surface area contributed by atoms with Gasteiger partial charge >= 0.3 is 0 Å². The van der Waals surface area contributed by atoms with E-state index in [0.717, 1.165) is 5.69 Å². The van der Waals surface area contributed by atoms with Crippen molar-refractivity contribution in [3.8, 4) is 5.69 Å². The lowest BCUT2D eigenvalue weighted by Crippen LogP contribution is -2.19. The summed E-state index contributed by atoms with van der Waals surface area (Å²) in [6.07, 6.45) is 3.00. The van der Waals surface area contributed by atoms with Crippen molar-refractivity contribution in [3.05, 3.63) is 91.4 Å². The number of nitro groups is 1. The number of benzene rings is 2. The monoisotopic (exact) mass is 396 g/mol. The Morgan fingerprint density at radius 3 is 2.39 bits per heavy atom. The van der Waals surface area contributed by atoms with Crippen molar-refractivity contribution in [2.45, 2.75) is 6.92 Å². The summed E-state index contributed by atoms with van der Waals surface area (Å²) in [7, 11) is 1.79. The molecule has 0 radical (unpaired) electrons. The second-order valence-electron chi connectivity index (χ2n) is 6.05. The average molecular weight is 397 g/mol. The van der Waals surface area contributed by atoms with Gasteiger partial charge in [0.2, 0.25) is 0 Å². The molecule has 0 N–H and O–H groups in total. The molecule has 8 heteroatoms. The summed E-state index contributed by atoms with van der Waals surface area (Å²) in [5.41, 5.74) is 2.18. The third kappa shape index (κ3) is 3.94. The molecule has 0 saturated heterocycles. The number of hydrogen-bond donors (Lipinski definition) is 0. The fourth-order valence-electron chi connectivity index (χ4n) is 2.72. The van der Waals surface area contributed by atoms with E-state index in [2.05, 4.69) is 4.99 Å². The standard InChI is InChI=1S/C20H17ClN4O3/c1-14-19(20(26)24(23(14)2)17-6-4-3-5-7-17)22-13-16(21)12-15-8-10-18(11-9-15)25(27)28/h3-13H,1-2H3/b16-12+,22-13?. The molecule has 1 aromatic heterocycles. The number of para-hydroxylation sites is 1. The predicted molar refractivity (Wildman–Crippen MR) is 111 cm³/mol. The molecule has 0 aliphatic heterocycles. The van der Waals surface area contributed by atoms with Crippen LogP contribution in [0, 0.1) is 17.0 Å². The second kappa shape index (κ2) is 8.06. The first-order valence-corrected chi connectivity index (χ1v) is 8.76. The maximum absolute atomic E-state index is 12.8. The molecule has 0 atom stereocenters. The molecular weight excluding hydrogens is 380 g/mol. The number of nitro benzene ring substituents is 1. The van der Waals surface area contributed by atoms with E-state index in [-0.39, 0.29) is 11.2 Å². The fourth-order valence-corrected chi connectivity index (χ4v) is 2.89. The third-order valence-electron chi connectivity index (χ3n) is 4.25. The van der Waals surface area contributed by atoms with Crippen LogP contribution in [-0.2, 0) is 7.05 Å². The molecule has 0 fully saturated rings. The Balaban J connectivity index is 1.90. The minimum Gasteiger partial charge on any atom is -0.283 e. The van der Waals surface area contributed by atoms with Crippen LogP contribution in [0.5, 0.6) is 0 Å². The number of aliphatic imine (C=N–C) groups is 1. The van der Waals surface area contributed by atoms with E-state index in [9.17, 15) is 14.9 Å². The van der Waals surface area contributed by atoms with E-state index in [1.165, 1.54) is 23.0 Å². The van der Waals surface area contributed by atoms with Crippen molar-refractivity contribution in [1.82, 2.24) is 9.36 Å². The van der Waals surface area contributed by atoms with Gasteiger partial charge in [0.15, 0.2) is 5.69 Å². The first-order chi connectivity index (χ1) is 13.4. The van der Waals surface area contributed by atoms with E-state index in [4.69, 9.17) is 11.6 Å². The smallest absolute Gasteiger partial charge is 0.283 e. The number of nitrogens with zero attached hydrogens (tertiary/aromatic N) is 4. The SMILES string of the molecule is Cc1c(N=C/C(Cl)=C\c2ccc([N+](=O)[O-])cc2)c(=O)n(-c2ccccc2)n1C. The molecule has 0 spiro atoms. The number of non-ortho nitro benzene ring substituents is 1. The van der Waals surface area contributed by atoms with Crippen LogP contribution in [0.25, 0.3) is 11.8 Å². The maximum atomic E-state index is 12.8. The van der Waals surface area contributed by atoms with Gasteiger partial charge in [-0.1, -0.05) is 29.8 Å². The van der Waals surface area contributed by atoms with Crippen LogP contribution in [-0.4, -0.2) is 20.5 Å². The Bertz CT molecular complexity index is 1130. The number of hydrogen-bond acceptors (Lipinski definition) is 4. The summed E-state index contributed by atoms with van der Waals surface area (Å²) in [6.45, 7) is 1.81. The highest BCUT2D eigenvalue weighted by molar-refractivity contribution is 6.41. The Hall–Kier alpha value is -3.45. The maximum Gasteiger partial charge on any atom is 0.297 e. The van der Waals surface area contributed by atoms with Crippen molar-refractivity contribution in [1.29, 1.82) is 0 Å². The molecule has 3 rings (SSSR count). The van der Waals surface area contributed by atoms with Gasteiger partial charge in [-0.25, -0.2) is 9.67 Å². The Morgan fingerprint density at radius 2 is 1.79 bits per heavy atom. The number of rotatable bonds is 5. The largest absolute Gasteiger partial charge is 0.297 e. The molecule has 0 aliphatic carbocycles. The van der Waals surface area contributed by atoms with Crippen molar-refractivity contribution >= 4 is 35.3 Å². The molecule has 0 bridgehead atoms. The van der Waals surface area contributed by atoms with Gasteiger partial charge in [-0.2, -0.15) is 0 Å². The number of aromatic nitrogens is 2. The Morgan fingerprint density at radius 1 is 1.14 bits per heavy atom. The number of halogens is 1. The molecule has 0 saturated carbocycles. The summed E-state index contributed by atoms with van der Waals surface area (Å²) in [6, 6.07) is 15.3. The molecule has 2 aromatic carbocycles. The van der Waals surface area contributed by atoms with Gasteiger partial charge < -0.3 is 0 Å². The molecule has 0 unspecified atom stereocenters. The van der Waals surface area contributed by atoms with Crippen molar-refractivity contribution < 1.29 is 4.92 Å². The topological polar surface area (TPSA) is 82.4 Å². The lowest BCUT2D eigenvalue weighted by molar-refractivity contribution is -0.384. The summed E-state index contributed by atoms with van der Waals surface area (Å²) in [5.74, 6) is 0. The zero-order valence-electron chi connectivity index (χ0n) is 15.2. The summed E-state index contributed by atoms with van der Waals surface area (Å²) in [5, 5.41) is 11.0. The second-order valence-corrected chi connectivity index (χ2v) is 6.48. The fraction of sp³-hybridized carbons (Fsp3) is 0.100. The molecule has 0 aliphatic rings. The first kappa shape index (κ1) is 19.3. The first-order valence-electron chi connectivity index (χ1n) is 8.38. The van der Waals surface area contributed by atoms with Crippen LogP contribution in [0.15, 0.2) is 69.4 Å². The van der Waals surface area contributed by atoms with Gasteiger partial charge in [0.25, 0.3) is 11.2 Å². The van der Waals surface area contributed by atoms with Crippen molar-refractivity contribution in [2.75, 3.05) is 0 Å². The summed E-state index contributed by atoms with van der Waals surface area (Å²) in [4.78, 5) is 27.3. The molecule has 28 heavy (non-hydrogen) atoms.